The summed E-state index contributed by atoms with van der Waals surface area (Å²) in [5.74, 6) is -0.993. The molecule has 2 aromatic carbocycles. The van der Waals surface area contributed by atoms with Crippen molar-refractivity contribution in [2.75, 3.05) is 20.3 Å². The van der Waals surface area contributed by atoms with Crippen LogP contribution in [0.1, 0.15) is 44.7 Å². The van der Waals surface area contributed by atoms with Crippen LogP contribution in [0.5, 0.6) is 0 Å². The zero-order chi connectivity index (χ0) is 34.9. The lowest BCUT2D eigenvalue weighted by Crippen LogP contribution is -2.58. The first kappa shape index (κ1) is 37.4. The Kier molecular flexibility index (Phi) is 15.3. The number of carbonyl (C=O) groups excluding carboxylic acids is 4. The molecule has 4 amide bonds. The van der Waals surface area contributed by atoms with Gasteiger partial charge in [-0.3, -0.25) is 20.0 Å². The van der Waals surface area contributed by atoms with Crippen molar-refractivity contribution in [3.63, 3.8) is 0 Å². The number of nitrogens with one attached hydrogen (secondary N) is 4. The zero-order valence-electron chi connectivity index (χ0n) is 27.8. The molecule has 1 heterocycles. The highest BCUT2D eigenvalue weighted by Gasteiger charge is 2.29. The molecule has 4 atom stereocenters. The molecule has 1 aromatic heterocycles. The highest BCUT2D eigenvalue weighted by Crippen LogP contribution is 2.18. The lowest BCUT2D eigenvalue weighted by molar-refractivity contribution is -0.130. The van der Waals surface area contributed by atoms with Crippen LogP contribution in [0.2, 0.25) is 0 Å². The van der Waals surface area contributed by atoms with Crippen molar-refractivity contribution in [2.45, 2.75) is 70.8 Å². The van der Waals surface area contributed by atoms with Crippen LogP contribution in [0.4, 0.5) is 9.59 Å². The number of nitrogens with zero attached hydrogens (tertiary/aromatic N) is 2. The van der Waals surface area contributed by atoms with Gasteiger partial charge in [0.25, 0.3) is 5.91 Å². The molecule has 4 unspecified atom stereocenters. The molecule has 0 saturated heterocycles. The van der Waals surface area contributed by atoms with E-state index in [0.29, 0.717) is 6.42 Å². The summed E-state index contributed by atoms with van der Waals surface area (Å²) in [6, 6.07) is 20.0. The van der Waals surface area contributed by atoms with Gasteiger partial charge in [0, 0.05) is 24.8 Å². The van der Waals surface area contributed by atoms with Crippen molar-refractivity contribution in [1.82, 2.24) is 31.4 Å². The monoisotopic (exact) mass is 662 g/mol. The van der Waals surface area contributed by atoms with Crippen LogP contribution in [-0.2, 0) is 32.0 Å². The van der Waals surface area contributed by atoms with Gasteiger partial charge in [0.05, 0.1) is 31.6 Å². The smallest absolute Gasteiger partial charge is 0.407 e. The number of amides is 4. The van der Waals surface area contributed by atoms with Crippen LogP contribution in [0.15, 0.2) is 79.0 Å². The maximum Gasteiger partial charge on any atom is 0.407 e. The fourth-order valence-corrected chi connectivity index (χ4v) is 4.93. The average molecular weight is 663 g/mol. The third kappa shape index (κ3) is 12.0. The van der Waals surface area contributed by atoms with E-state index >= 15 is 0 Å². The van der Waals surface area contributed by atoms with Gasteiger partial charge in [0.2, 0.25) is 5.91 Å². The van der Waals surface area contributed by atoms with E-state index < -0.39 is 48.2 Å². The fourth-order valence-electron chi connectivity index (χ4n) is 4.93. The first-order valence-corrected chi connectivity index (χ1v) is 16.0. The minimum absolute atomic E-state index is 0.0950. The van der Waals surface area contributed by atoms with Crippen LogP contribution in [0.3, 0.4) is 0 Å². The molecule has 0 saturated carbocycles. The number of benzene rings is 2. The Hall–Kier alpha value is -5.01. The van der Waals surface area contributed by atoms with Gasteiger partial charge in [-0.1, -0.05) is 74.5 Å². The summed E-state index contributed by atoms with van der Waals surface area (Å²) < 4.78 is 9.62. The molecule has 0 radical (unpaired) electrons. The number of alkyl carbamates (subject to hydrolysis) is 2. The fraction of sp³-hybridized carbons (Fsp3) is 0.400. The van der Waals surface area contributed by atoms with Crippen LogP contribution in [0, 0.1) is 0 Å². The molecule has 258 valence electrons. The largest absolute Gasteiger partial charge is 0.453 e. The molecule has 0 spiro atoms. The summed E-state index contributed by atoms with van der Waals surface area (Å²) in [7, 11) is 1.21. The molecular weight excluding hydrogens is 616 g/mol. The van der Waals surface area contributed by atoms with Gasteiger partial charge < -0.3 is 30.5 Å². The van der Waals surface area contributed by atoms with Crippen LogP contribution in [-0.4, -0.2) is 83.6 Å². The number of aliphatic hydroxyl groups excluding tert-OH is 1. The van der Waals surface area contributed by atoms with E-state index in [9.17, 15) is 24.3 Å². The van der Waals surface area contributed by atoms with Gasteiger partial charge >= 0.3 is 12.2 Å². The maximum absolute atomic E-state index is 13.3. The van der Waals surface area contributed by atoms with Gasteiger partial charge in [-0.25, -0.2) is 14.6 Å². The van der Waals surface area contributed by atoms with Crippen molar-refractivity contribution in [1.29, 1.82) is 0 Å². The number of hydrazine groups is 1. The normalized spacial score (nSPS) is 13.4. The van der Waals surface area contributed by atoms with E-state index in [4.69, 9.17) is 4.74 Å². The van der Waals surface area contributed by atoms with E-state index in [1.807, 2.05) is 72.8 Å². The quantitative estimate of drug-likeness (QED) is 0.136. The molecule has 13 heteroatoms. The lowest BCUT2D eigenvalue weighted by atomic mass is 10.00. The van der Waals surface area contributed by atoms with Crippen molar-refractivity contribution >= 4 is 24.0 Å². The molecular formula is C35H46N6O7. The molecule has 13 nitrogen and oxygen atoms in total. The Balaban J connectivity index is 1.86. The van der Waals surface area contributed by atoms with E-state index in [2.05, 4.69) is 31.1 Å². The molecule has 0 aliphatic rings. The first-order valence-electron chi connectivity index (χ1n) is 16.0. The molecule has 0 aliphatic carbocycles. The Labute approximate surface area is 281 Å². The summed E-state index contributed by atoms with van der Waals surface area (Å²) in [5.41, 5.74) is 6.25. The second-order valence-electron chi connectivity index (χ2n) is 11.1. The minimum Gasteiger partial charge on any atom is -0.453 e. The summed E-state index contributed by atoms with van der Waals surface area (Å²) in [4.78, 5) is 55.0. The van der Waals surface area contributed by atoms with Crippen molar-refractivity contribution in [3.8, 4) is 11.3 Å². The molecule has 48 heavy (non-hydrogen) atoms. The molecule has 0 bridgehead atoms. The Morgan fingerprint density at radius 3 is 2.04 bits per heavy atom. The number of hydrogen-bond donors (Lipinski definition) is 5. The Morgan fingerprint density at radius 2 is 1.44 bits per heavy atom. The number of methoxy groups -OCH3 is 1. The van der Waals surface area contributed by atoms with E-state index in [1.54, 1.807) is 32.0 Å². The highest BCUT2D eigenvalue weighted by molar-refractivity contribution is 5.86. The summed E-state index contributed by atoms with van der Waals surface area (Å²) in [6.07, 6.45) is -0.0818. The highest BCUT2D eigenvalue weighted by atomic mass is 16.5. The first-order chi connectivity index (χ1) is 23.2. The summed E-state index contributed by atoms with van der Waals surface area (Å²) in [5, 5.41) is 21.2. The number of aliphatic hydroxyl groups is 1. The lowest BCUT2D eigenvalue weighted by Gasteiger charge is -2.32. The summed E-state index contributed by atoms with van der Waals surface area (Å²) in [6.45, 7) is 5.41. The molecule has 5 N–H and O–H groups in total. The summed E-state index contributed by atoms with van der Waals surface area (Å²) >= 11 is 0. The number of aromatic nitrogens is 1. The SMILES string of the molecule is CCOC(=O)NC(CC)C(=O)NC(Cc1ccccc1)C(O)CN(Cc1ccc(-c2ccccn2)cc1)NC(=O)C(CC)NC(=O)OC. The topological polar surface area (TPSA) is 171 Å². The van der Waals surface area contributed by atoms with Crippen molar-refractivity contribution in [3.05, 3.63) is 90.1 Å². The standard InChI is InChI=1S/C35H46N6O7/c1-5-27(39-35(46)48-7-3)32(43)37-30(21-24-13-9-8-10-14-24)31(42)23-41(40-33(44)28(6-2)38-34(45)47-4)22-25-16-18-26(19-17-25)29-15-11-12-20-36-29/h8-20,27-28,30-31,42H,5-7,21-23H2,1-4H3,(H,37,43)(H,38,45)(H,39,46)(H,40,44). The van der Waals surface area contributed by atoms with Gasteiger partial charge in [-0.2, -0.15) is 0 Å². The molecule has 0 fully saturated rings. The maximum atomic E-state index is 13.3. The van der Waals surface area contributed by atoms with Gasteiger partial charge in [-0.05, 0) is 49.4 Å². The number of pyridine rings is 1. The van der Waals surface area contributed by atoms with Gasteiger partial charge in [0.1, 0.15) is 12.1 Å². The number of rotatable bonds is 17. The Morgan fingerprint density at radius 1 is 0.792 bits per heavy atom. The molecule has 3 aromatic rings. The zero-order valence-corrected chi connectivity index (χ0v) is 27.8. The Bertz CT molecular complexity index is 1440. The average Bonchev–Trinajstić information content (AvgIpc) is 3.10. The predicted octanol–water partition coefficient (Wildman–Crippen LogP) is 3.33. The third-order valence-electron chi connectivity index (χ3n) is 7.55. The van der Waals surface area contributed by atoms with Crippen LogP contribution >= 0.6 is 0 Å². The minimum atomic E-state index is -1.18. The number of hydrogen-bond acceptors (Lipinski definition) is 9. The number of ether oxygens (including phenoxy) is 2. The second kappa shape index (κ2) is 19.6. The van der Waals surface area contributed by atoms with Gasteiger partial charge in [0.15, 0.2) is 0 Å². The number of carbonyl (C=O) groups is 4. The molecule has 0 aliphatic heterocycles. The predicted molar refractivity (Wildman–Crippen MR) is 180 cm³/mol. The third-order valence-corrected chi connectivity index (χ3v) is 7.55. The van der Waals surface area contributed by atoms with E-state index in [-0.39, 0.29) is 32.5 Å². The van der Waals surface area contributed by atoms with Crippen molar-refractivity contribution in [2.24, 2.45) is 0 Å². The van der Waals surface area contributed by atoms with Crippen LogP contribution < -0.4 is 21.4 Å². The molecule has 3 rings (SSSR count). The van der Waals surface area contributed by atoms with Gasteiger partial charge in [-0.15, -0.1) is 0 Å². The van der Waals surface area contributed by atoms with Crippen LogP contribution in [0.25, 0.3) is 11.3 Å². The van der Waals surface area contributed by atoms with E-state index in [0.717, 1.165) is 22.4 Å². The van der Waals surface area contributed by atoms with E-state index in [1.165, 1.54) is 7.11 Å². The second-order valence-corrected chi connectivity index (χ2v) is 11.1. The van der Waals surface area contributed by atoms with Crippen molar-refractivity contribution < 1.29 is 33.8 Å².